The second-order valence-electron chi connectivity index (χ2n) is 3.70. The Hall–Kier alpha value is -2.97. The van der Waals surface area contributed by atoms with Crippen LogP contribution < -0.4 is 0 Å². The van der Waals surface area contributed by atoms with Crippen LogP contribution in [0.3, 0.4) is 0 Å². The molecule has 0 saturated heterocycles. The average molecular weight is 329 g/mol. The Morgan fingerprint density at radius 1 is 0.913 bits per heavy atom. The summed E-state index contributed by atoms with van der Waals surface area (Å²) in [4.78, 5) is 11.9. The summed E-state index contributed by atoms with van der Waals surface area (Å²) in [6, 6.07) is 1.94. The summed E-state index contributed by atoms with van der Waals surface area (Å²) in [6.07, 6.45) is 23.5. The Labute approximate surface area is 142 Å². The number of hydrogen-bond donors (Lipinski definition) is 0. The summed E-state index contributed by atoms with van der Waals surface area (Å²) < 4.78 is 5.23. The quantitative estimate of drug-likeness (QED) is 0.680. The molecule has 0 aromatic carbocycles. The molecule has 0 N–H and O–H groups in total. The van der Waals surface area contributed by atoms with E-state index in [2.05, 4.69) is 15.0 Å². The van der Waals surface area contributed by atoms with Crippen molar-refractivity contribution >= 4 is 30.5 Å². The first-order chi connectivity index (χ1) is 10.9. The highest BCUT2D eigenvalue weighted by atomic mass is 35.5. The molecule has 0 fully saturated rings. The molecule has 1 rings (SSSR count). The Balaban J connectivity index is 0.00000484. The minimum Gasteiger partial charge on any atom is -0.497 e. The molecule has 0 radical (unpaired) electrons. The van der Waals surface area contributed by atoms with Crippen LogP contribution in [0, 0.1) is 11.3 Å². The molecule has 0 aliphatic carbocycles. The van der Waals surface area contributed by atoms with Gasteiger partial charge >= 0.3 is 0 Å². The molecule has 5 nitrogen and oxygen atoms in total. The number of rotatable bonds is 0. The topological polar surface area (TPSA) is 70.1 Å². The standard InChI is InChI=1S/C17H16N4O.ClH/c18-15-17-16-20-10-5-3-7-14-22-13-6-2-1-4-9-19-11-8-12-21-17;/h1-13,16H,14H2;1H. The Morgan fingerprint density at radius 3 is 2.57 bits per heavy atom. The van der Waals surface area contributed by atoms with Crippen molar-refractivity contribution in [2.75, 3.05) is 6.61 Å². The third-order valence-corrected chi connectivity index (χ3v) is 2.08. The second-order valence-corrected chi connectivity index (χ2v) is 3.70. The lowest BCUT2D eigenvalue weighted by Gasteiger charge is -1.90. The molecule has 0 aromatic heterocycles. The normalized spacial score (nSPS) is 15.3. The molecule has 0 atom stereocenters. The zero-order valence-corrected chi connectivity index (χ0v) is 13.2. The molecule has 0 amide bonds. The highest BCUT2D eigenvalue weighted by molar-refractivity contribution is 6.38. The van der Waals surface area contributed by atoms with E-state index >= 15 is 0 Å². The molecule has 1 aliphatic heterocycles. The molecule has 0 bridgehead atoms. The first kappa shape index (κ1) is 20.0. The second kappa shape index (κ2) is 15.4. The van der Waals surface area contributed by atoms with Crippen molar-refractivity contribution in [3.8, 4) is 6.07 Å². The van der Waals surface area contributed by atoms with E-state index in [-0.39, 0.29) is 18.1 Å². The monoisotopic (exact) mass is 328 g/mol. The van der Waals surface area contributed by atoms with Crippen LogP contribution in [0.5, 0.6) is 0 Å². The van der Waals surface area contributed by atoms with Crippen molar-refractivity contribution in [3.63, 3.8) is 0 Å². The van der Waals surface area contributed by atoms with Crippen molar-refractivity contribution in [2.45, 2.75) is 0 Å². The number of ether oxygens (including phenoxy) is 1. The predicted octanol–water partition coefficient (Wildman–Crippen LogP) is 3.71. The zero-order chi connectivity index (χ0) is 15.7. The molecule has 1 heterocycles. The van der Waals surface area contributed by atoms with Gasteiger partial charge in [0, 0.05) is 24.8 Å². The fourth-order valence-electron chi connectivity index (χ4n) is 1.14. The van der Waals surface area contributed by atoms with Crippen molar-refractivity contribution in [1.82, 2.24) is 0 Å². The summed E-state index contributed by atoms with van der Waals surface area (Å²) in [7, 11) is 0. The van der Waals surface area contributed by atoms with Crippen molar-refractivity contribution in [2.24, 2.45) is 15.0 Å². The Morgan fingerprint density at radius 2 is 1.70 bits per heavy atom. The molecular formula is C17H17ClN4O. The highest BCUT2D eigenvalue weighted by Crippen LogP contribution is 1.86. The van der Waals surface area contributed by atoms with E-state index in [9.17, 15) is 0 Å². The van der Waals surface area contributed by atoms with E-state index < -0.39 is 0 Å². The number of nitrogens with zero attached hydrogens (tertiary/aromatic N) is 4. The van der Waals surface area contributed by atoms with Crippen LogP contribution in [0.1, 0.15) is 0 Å². The minimum absolute atomic E-state index is 0. The maximum Gasteiger partial charge on any atom is 0.158 e. The lowest BCUT2D eigenvalue weighted by molar-refractivity contribution is 0.290. The van der Waals surface area contributed by atoms with Gasteiger partial charge in [0.15, 0.2) is 5.71 Å². The maximum atomic E-state index is 8.89. The SMILES string of the molecule is Cl.N#CC1=NC=CC=NC=CC=CC=COCC=CC=CN=C1. The van der Waals surface area contributed by atoms with Crippen LogP contribution in [0.15, 0.2) is 88.4 Å². The van der Waals surface area contributed by atoms with Crippen molar-refractivity contribution < 1.29 is 4.74 Å². The van der Waals surface area contributed by atoms with Crippen LogP contribution in [0.2, 0.25) is 0 Å². The van der Waals surface area contributed by atoms with Gasteiger partial charge in [-0.15, -0.1) is 12.4 Å². The number of hydrogen-bond acceptors (Lipinski definition) is 5. The van der Waals surface area contributed by atoms with Crippen LogP contribution >= 0.6 is 12.4 Å². The molecule has 0 aromatic rings. The van der Waals surface area contributed by atoms with E-state index in [1.807, 2.05) is 30.4 Å². The summed E-state index contributed by atoms with van der Waals surface area (Å²) in [5, 5.41) is 8.89. The molecule has 1 aliphatic rings. The largest absolute Gasteiger partial charge is 0.497 e. The average Bonchev–Trinajstić information content (AvgIpc) is 2.54. The highest BCUT2D eigenvalue weighted by Gasteiger charge is 1.86. The van der Waals surface area contributed by atoms with E-state index in [0.29, 0.717) is 6.61 Å². The van der Waals surface area contributed by atoms with E-state index in [1.165, 1.54) is 12.4 Å². The number of halogens is 1. The smallest absolute Gasteiger partial charge is 0.158 e. The van der Waals surface area contributed by atoms with E-state index in [4.69, 9.17) is 10.00 Å². The van der Waals surface area contributed by atoms with E-state index in [1.54, 1.807) is 49.2 Å². The van der Waals surface area contributed by atoms with Gasteiger partial charge in [-0.1, -0.05) is 18.2 Å². The van der Waals surface area contributed by atoms with Gasteiger partial charge in [-0.25, -0.2) is 4.99 Å². The molecule has 0 saturated carbocycles. The molecule has 6 heteroatoms. The minimum atomic E-state index is 0. The lowest BCUT2D eigenvalue weighted by atomic mass is 10.4. The van der Waals surface area contributed by atoms with Gasteiger partial charge in [0.25, 0.3) is 0 Å². The molecular weight excluding hydrogens is 312 g/mol. The first-order valence-corrected chi connectivity index (χ1v) is 6.54. The third-order valence-electron chi connectivity index (χ3n) is 2.08. The van der Waals surface area contributed by atoms with Crippen molar-refractivity contribution in [1.29, 1.82) is 5.26 Å². The summed E-state index contributed by atoms with van der Waals surface area (Å²) in [5.41, 5.74) is 0.208. The summed E-state index contributed by atoms with van der Waals surface area (Å²) >= 11 is 0. The van der Waals surface area contributed by atoms with Crippen LogP contribution in [0.25, 0.3) is 0 Å². The van der Waals surface area contributed by atoms with Gasteiger partial charge in [-0.05, 0) is 30.4 Å². The lowest BCUT2D eigenvalue weighted by Crippen LogP contribution is -1.93. The molecule has 0 unspecified atom stereocenters. The molecule has 118 valence electrons. The summed E-state index contributed by atoms with van der Waals surface area (Å²) in [6.45, 7) is 0.466. The van der Waals surface area contributed by atoms with E-state index in [0.717, 1.165) is 0 Å². The van der Waals surface area contributed by atoms with Crippen LogP contribution in [-0.4, -0.2) is 24.7 Å². The fraction of sp³-hybridized carbons (Fsp3) is 0.0588. The van der Waals surface area contributed by atoms with Gasteiger partial charge in [-0.2, -0.15) is 5.26 Å². The third kappa shape index (κ3) is 12.5. The van der Waals surface area contributed by atoms with Gasteiger partial charge < -0.3 is 4.74 Å². The zero-order valence-electron chi connectivity index (χ0n) is 12.4. The van der Waals surface area contributed by atoms with Crippen molar-refractivity contribution in [3.05, 3.63) is 73.5 Å². The molecule has 23 heavy (non-hydrogen) atoms. The summed E-state index contributed by atoms with van der Waals surface area (Å²) in [5.74, 6) is 0. The van der Waals surface area contributed by atoms with Crippen LogP contribution in [0.4, 0.5) is 0 Å². The number of aliphatic imine (C=N–C) groups is 3. The van der Waals surface area contributed by atoms with Gasteiger partial charge in [0.1, 0.15) is 12.7 Å². The van der Waals surface area contributed by atoms with Gasteiger partial charge in [0.2, 0.25) is 0 Å². The Bertz CT molecular complexity index is 629. The maximum absolute atomic E-state index is 8.89. The first-order valence-electron chi connectivity index (χ1n) is 6.54. The number of nitriles is 1. The predicted molar refractivity (Wildman–Crippen MR) is 98.1 cm³/mol. The fourth-order valence-corrected chi connectivity index (χ4v) is 1.14. The van der Waals surface area contributed by atoms with Crippen LogP contribution in [-0.2, 0) is 4.74 Å². The van der Waals surface area contributed by atoms with Gasteiger partial charge in [-0.3, -0.25) is 9.98 Å². The van der Waals surface area contributed by atoms with Gasteiger partial charge in [0.05, 0.1) is 12.5 Å². The molecule has 0 spiro atoms. The number of allylic oxidation sites excluding steroid dienone is 7. The Kier molecular flexibility index (Phi) is 13.4.